The third-order valence-electron chi connectivity index (χ3n) is 6.10. The molecule has 4 aromatic rings. The highest BCUT2D eigenvalue weighted by Crippen LogP contribution is 2.49. The lowest BCUT2D eigenvalue weighted by atomic mass is 10.0. The van der Waals surface area contributed by atoms with Crippen molar-refractivity contribution in [1.82, 2.24) is 0 Å². The van der Waals surface area contributed by atoms with Crippen LogP contribution in [0, 0.1) is 6.92 Å². The van der Waals surface area contributed by atoms with Gasteiger partial charge in [0.25, 0.3) is 0 Å². The Bertz CT molecular complexity index is 1340. The van der Waals surface area contributed by atoms with Crippen LogP contribution in [0.5, 0.6) is 34.5 Å². The summed E-state index contributed by atoms with van der Waals surface area (Å²) in [5, 5.41) is 14.1. The molecule has 4 aromatic carbocycles. The van der Waals surface area contributed by atoms with Crippen LogP contribution in [-0.4, -0.2) is 40.7 Å². The van der Waals surface area contributed by atoms with E-state index in [9.17, 15) is 5.11 Å². The standard InChI is InChI=1S/C30H31O6P/c1-19-15-22(20-11-8-7-9-12-20)28(31)27(16-19)37(29-23(33-3)13-10-14-24(29)34-4)30-25(35-5)17-21(32-2)18-26(30)36-6/h7-18,31H,1-6H3. The monoisotopic (exact) mass is 518 g/mol. The highest BCUT2D eigenvalue weighted by Gasteiger charge is 2.33. The normalized spacial score (nSPS) is 11.5. The molecule has 0 aliphatic rings. The van der Waals surface area contributed by atoms with Gasteiger partial charge in [0.05, 0.1) is 46.2 Å². The molecule has 6 nitrogen and oxygen atoms in total. The fourth-order valence-corrected chi connectivity index (χ4v) is 7.28. The Kier molecular flexibility index (Phi) is 8.10. The second-order valence-electron chi connectivity index (χ2n) is 8.27. The number of phenols is 1. The number of benzene rings is 4. The molecule has 1 atom stereocenters. The van der Waals surface area contributed by atoms with Gasteiger partial charge < -0.3 is 28.8 Å². The fraction of sp³-hybridized carbons (Fsp3) is 0.200. The predicted octanol–water partition coefficient (Wildman–Crippen LogP) is 5.17. The van der Waals surface area contributed by atoms with Gasteiger partial charge in [-0.2, -0.15) is 0 Å². The van der Waals surface area contributed by atoms with Crippen LogP contribution in [0.1, 0.15) is 5.56 Å². The van der Waals surface area contributed by atoms with Crippen molar-refractivity contribution in [3.05, 3.63) is 78.4 Å². The summed E-state index contributed by atoms with van der Waals surface area (Å²) >= 11 is 0. The second kappa shape index (κ2) is 11.4. The van der Waals surface area contributed by atoms with Crippen molar-refractivity contribution in [1.29, 1.82) is 0 Å². The van der Waals surface area contributed by atoms with Crippen molar-refractivity contribution in [2.75, 3.05) is 35.5 Å². The molecule has 0 saturated carbocycles. The number of methoxy groups -OCH3 is 5. The van der Waals surface area contributed by atoms with Gasteiger partial charge in [0.2, 0.25) is 0 Å². The minimum Gasteiger partial charge on any atom is -0.507 e. The molecule has 0 fully saturated rings. The lowest BCUT2D eigenvalue weighted by Gasteiger charge is -2.28. The van der Waals surface area contributed by atoms with Crippen LogP contribution in [-0.2, 0) is 0 Å². The Labute approximate surface area is 219 Å². The van der Waals surface area contributed by atoms with E-state index in [1.807, 2.05) is 79.7 Å². The summed E-state index contributed by atoms with van der Waals surface area (Å²) in [6, 6.07) is 23.1. The number of rotatable bonds is 9. The zero-order chi connectivity index (χ0) is 26.5. The van der Waals surface area contributed by atoms with E-state index >= 15 is 0 Å². The molecule has 0 spiro atoms. The van der Waals surface area contributed by atoms with Gasteiger partial charge in [-0.3, -0.25) is 0 Å². The largest absolute Gasteiger partial charge is 0.507 e. The van der Waals surface area contributed by atoms with Crippen molar-refractivity contribution in [3.63, 3.8) is 0 Å². The van der Waals surface area contributed by atoms with E-state index in [0.717, 1.165) is 32.6 Å². The van der Waals surface area contributed by atoms with E-state index in [1.165, 1.54) is 0 Å². The van der Waals surface area contributed by atoms with Crippen molar-refractivity contribution >= 4 is 23.8 Å². The molecule has 1 unspecified atom stereocenters. The van der Waals surface area contributed by atoms with Crippen LogP contribution in [0.25, 0.3) is 11.1 Å². The number of aromatic hydroxyl groups is 1. The van der Waals surface area contributed by atoms with Gasteiger partial charge in [-0.05, 0) is 42.3 Å². The maximum atomic E-state index is 11.8. The molecule has 37 heavy (non-hydrogen) atoms. The number of hydrogen-bond acceptors (Lipinski definition) is 6. The topological polar surface area (TPSA) is 66.4 Å². The van der Waals surface area contributed by atoms with Crippen molar-refractivity contribution in [2.45, 2.75) is 6.92 Å². The maximum absolute atomic E-state index is 11.8. The van der Waals surface area contributed by atoms with Crippen LogP contribution in [0.15, 0.2) is 72.8 Å². The van der Waals surface area contributed by atoms with Gasteiger partial charge in [0.1, 0.15) is 34.5 Å². The summed E-state index contributed by atoms with van der Waals surface area (Å²) in [6.45, 7) is 2.02. The van der Waals surface area contributed by atoms with Crippen LogP contribution < -0.4 is 39.6 Å². The quantitative estimate of drug-likeness (QED) is 0.309. The summed E-state index contributed by atoms with van der Waals surface area (Å²) < 4.78 is 28.9. The molecular formula is C30H31O6P. The van der Waals surface area contributed by atoms with E-state index in [4.69, 9.17) is 23.7 Å². The molecule has 0 saturated heterocycles. The third kappa shape index (κ3) is 5.03. The van der Waals surface area contributed by atoms with E-state index in [0.29, 0.717) is 28.7 Å². The molecule has 0 bridgehead atoms. The Morgan fingerprint density at radius 3 is 1.65 bits per heavy atom. The first-order valence-corrected chi connectivity index (χ1v) is 13.0. The highest BCUT2D eigenvalue weighted by molar-refractivity contribution is 7.80. The molecule has 0 heterocycles. The first kappa shape index (κ1) is 26.2. The van der Waals surface area contributed by atoms with Crippen molar-refractivity contribution in [2.24, 2.45) is 0 Å². The van der Waals surface area contributed by atoms with Gasteiger partial charge in [0.15, 0.2) is 0 Å². The molecule has 0 aliphatic heterocycles. The summed E-state index contributed by atoms with van der Waals surface area (Å²) in [5.41, 5.74) is 2.66. The average Bonchev–Trinajstić information content (AvgIpc) is 2.94. The Morgan fingerprint density at radius 1 is 0.595 bits per heavy atom. The number of aryl methyl sites for hydroxylation is 1. The Morgan fingerprint density at radius 2 is 1.14 bits per heavy atom. The molecule has 192 valence electrons. The maximum Gasteiger partial charge on any atom is 0.134 e. The zero-order valence-electron chi connectivity index (χ0n) is 21.9. The Balaban J connectivity index is 2.15. The first-order chi connectivity index (χ1) is 18.0. The lowest BCUT2D eigenvalue weighted by Crippen LogP contribution is -2.26. The van der Waals surface area contributed by atoms with Crippen LogP contribution in [0.3, 0.4) is 0 Å². The number of phenolic OH excluding ortho intramolecular Hbond substituents is 1. The van der Waals surface area contributed by atoms with Crippen molar-refractivity contribution in [3.8, 4) is 45.6 Å². The predicted molar refractivity (Wildman–Crippen MR) is 150 cm³/mol. The van der Waals surface area contributed by atoms with Gasteiger partial charge in [-0.1, -0.05) is 36.4 Å². The highest BCUT2D eigenvalue weighted by atomic mass is 31.1. The van der Waals surface area contributed by atoms with Gasteiger partial charge in [0, 0.05) is 30.9 Å². The van der Waals surface area contributed by atoms with Crippen molar-refractivity contribution < 1.29 is 28.8 Å². The van der Waals surface area contributed by atoms with E-state index in [1.54, 1.807) is 35.5 Å². The average molecular weight is 519 g/mol. The fourth-order valence-electron chi connectivity index (χ4n) is 4.38. The van der Waals surface area contributed by atoms with Crippen LogP contribution in [0.4, 0.5) is 0 Å². The second-order valence-corrected chi connectivity index (χ2v) is 10.3. The molecule has 4 rings (SSSR count). The first-order valence-electron chi connectivity index (χ1n) is 11.7. The smallest absolute Gasteiger partial charge is 0.134 e. The van der Waals surface area contributed by atoms with E-state index in [2.05, 4.69) is 0 Å². The molecule has 0 aromatic heterocycles. The molecule has 0 aliphatic carbocycles. The minimum atomic E-state index is -1.52. The minimum absolute atomic E-state index is 0.177. The third-order valence-corrected chi connectivity index (χ3v) is 8.70. The SMILES string of the molecule is COc1cc(OC)c(P(c2cc(C)cc(-c3ccccc3)c2O)c2c(OC)cccc2OC)c(OC)c1. The number of hydrogen-bond donors (Lipinski definition) is 1. The number of ether oxygens (including phenoxy) is 5. The molecule has 7 heteroatoms. The summed E-state index contributed by atoms with van der Waals surface area (Å²) in [5.74, 6) is 3.17. The van der Waals surface area contributed by atoms with Crippen LogP contribution in [0.2, 0.25) is 0 Å². The van der Waals surface area contributed by atoms with Gasteiger partial charge >= 0.3 is 0 Å². The molecule has 0 radical (unpaired) electrons. The summed E-state index contributed by atoms with van der Waals surface area (Å²) in [6.07, 6.45) is 0. The van der Waals surface area contributed by atoms with Gasteiger partial charge in [-0.15, -0.1) is 0 Å². The zero-order valence-corrected chi connectivity index (χ0v) is 22.8. The van der Waals surface area contributed by atoms with Gasteiger partial charge in [-0.25, -0.2) is 0 Å². The summed E-state index contributed by atoms with van der Waals surface area (Å²) in [4.78, 5) is 0. The summed E-state index contributed by atoms with van der Waals surface area (Å²) in [7, 11) is 6.54. The Hall–Kier alpha value is -3.89. The lowest BCUT2D eigenvalue weighted by molar-refractivity contribution is 0.380. The van der Waals surface area contributed by atoms with Crippen LogP contribution >= 0.6 is 7.92 Å². The molecule has 1 N–H and O–H groups in total. The van der Waals surface area contributed by atoms with E-state index < -0.39 is 7.92 Å². The molecular weight excluding hydrogens is 487 g/mol. The van der Waals surface area contributed by atoms with E-state index in [-0.39, 0.29) is 5.75 Å². The molecule has 0 amide bonds.